The van der Waals surface area contributed by atoms with Gasteiger partial charge in [-0.25, -0.2) is 5.43 Å². The molecule has 4 aliphatic rings. The normalized spacial score (nSPS) is 33.5. The first kappa shape index (κ1) is 16.9. The molecule has 4 aliphatic carbocycles. The van der Waals surface area contributed by atoms with Crippen LogP contribution in [0.25, 0.3) is 0 Å². The lowest BCUT2D eigenvalue weighted by Gasteiger charge is -2.57. The van der Waals surface area contributed by atoms with E-state index in [2.05, 4.69) is 10.5 Å². The first-order valence-corrected chi connectivity index (χ1v) is 9.62. The Bertz CT molecular complexity index is 693. The van der Waals surface area contributed by atoms with Crippen molar-refractivity contribution in [2.75, 3.05) is 0 Å². The molecule has 0 atom stereocenters. The van der Waals surface area contributed by atoms with Gasteiger partial charge in [0.05, 0.1) is 5.56 Å². The lowest BCUT2D eigenvalue weighted by Crippen LogP contribution is -2.46. The van der Waals surface area contributed by atoms with E-state index in [4.69, 9.17) is 11.6 Å². The summed E-state index contributed by atoms with van der Waals surface area (Å²) in [6.45, 7) is 2.00. The van der Waals surface area contributed by atoms with Crippen LogP contribution in [0.1, 0.15) is 62.2 Å². The monoisotopic (exact) mass is 360 g/mol. The van der Waals surface area contributed by atoms with Gasteiger partial charge in [0.2, 0.25) is 0 Å². The maximum atomic E-state index is 12.2. The highest BCUT2D eigenvalue weighted by atomic mass is 35.5. The number of carbonyl (C=O) groups is 1. The highest BCUT2D eigenvalue weighted by Gasteiger charge is 2.50. The molecule has 1 aromatic carbocycles. The van der Waals surface area contributed by atoms with Crippen LogP contribution in [0.4, 0.5) is 0 Å². The zero-order valence-electron chi connectivity index (χ0n) is 14.6. The van der Waals surface area contributed by atoms with E-state index in [-0.39, 0.29) is 11.3 Å². The third-order valence-corrected chi connectivity index (χ3v) is 6.58. The fourth-order valence-electron chi connectivity index (χ4n) is 5.99. The number of benzene rings is 1. The van der Waals surface area contributed by atoms with Crippen molar-refractivity contribution in [1.82, 2.24) is 5.43 Å². The fraction of sp³-hybridized carbons (Fsp3) is 0.600. The van der Waals surface area contributed by atoms with Crippen LogP contribution in [-0.4, -0.2) is 16.7 Å². The van der Waals surface area contributed by atoms with Crippen molar-refractivity contribution < 1.29 is 9.90 Å². The van der Waals surface area contributed by atoms with Gasteiger partial charge in [0.25, 0.3) is 5.91 Å². The van der Waals surface area contributed by atoms with Crippen LogP contribution < -0.4 is 5.43 Å². The van der Waals surface area contributed by atoms with Crippen molar-refractivity contribution in [3.8, 4) is 5.75 Å². The van der Waals surface area contributed by atoms with Gasteiger partial charge in [-0.3, -0.25) is 4.79 Å². The van der Waals surface area contributed by atoms with Crippen LogP contribution in [-0.2, 0) is 0 Å². The second kappa shape index (κ2) is 6.31. The Hall–Kier alpha value is -1.55. The molecule has 4 bridgehead atoms. The van der Waals surface area contributed by atoms with Gasteiger partial charge in [-0.05, 0) is 93.2 Å². The van der Waals surface area contributed by atoms with E-state index >= 15 is 0 Å². The van der Waals surface area contributed by atoms with Crippen LogP contribution >= 0.6 is 11.6 Å². The lowest BCUT2D eigenvalue weighted by atomic mass is 9.48. The molecule has 4 fully saturated rings. The number of aromatic hydroxyl groups is 1. The largest absolute Gasteiger partial charge is 0.507 e. The standard InChI is InChI=1S/C20H25ClN2O2/c1-12(22-23-19(25)17-7-16(21)2-3-18(17)24)8-20-9-13-4-14(10-20)6-15(5-13)11-20/h2-3,7,13-15,24H,4-6,8-11H2,1H3,(H,23,25)/b22-12-. The van der Waals surface area contributed by atoms with Gasteiger partial charge in [-0.1, -0.05) is 11.6 Å². The first-order valence-electron chi connectivity index (χ1n) is 9.24. The minimum Gasteiger partial charge on any atom is -0.507 e. The Morgan fingerprint density at radius 3 is 2.44 bits per heavy atom. The van der Waals surface area contributed by atoms with Crippen LogP contribution in [0.5, 0.6) is 5.75 Å². The number of phenols is 1. The summed E-state index contributed by atoms with van der Waals surface area (Å²) in [5, 5.41) is 14.5. The predicted octanol–water partition coefficient (Wildman–Crippen LogP) is 4.76. The van der Waals surface area contributed by atoms with Gasteiger partial charge in [0.15, 0.2) is 0 Å². The van der Waals surface area contributed by atoms with E-state index in [1.165, 1.54) is 50.7 Å². The van der Waals surface area contributed by atoms with Crippen molar-refractivity contribution in [3.63, 3.8) is 0 Å². The Morgan fingerprint density at radius 1 is 1.24 bits per heavy atom. The highest BCUT2D eigenvalue weighted by molar-refractivity contribution is 6.31. The maximum Gasteiger partial charge on any atom is 0.275 e. The number of nitrogens with zero attached hydrogens (tertiary/aromatic N) is 1. The quantitative estimate of drug-likeness (QED) is 0.600. The second-order valence-corrected chi connectivity index (χ2v) is 8.98. The fourth-order valence-corrected chi connectivity index (χ4v) is 6.16. The van der Waals surface area contributed by atoms with Gasteiger partial charge in [-0.15, -0.1) is 0 Å². The third-order valence-electron chi connectivity index (χ3n) is 6.35. The number of nitrogens with one attached hydrogen (secondary N) is 1. The van der Waals surface area contributed by atoms with Crippen molar-refractivity contribution >= 4 is 23.2 Å². The van der Waals surface area contributed by atoms with E-state index in [0.717, 1.165) is 29.9 Å². The Kier molecular flexibility index (Phi) is 4.27. The van der Waals surface area contributed by atoms with Crippen molar-refractivity contribution in [3.05, 3.63) is 28.8 Å². The zero-order chi connectivity index (χ0) is 17.6. The summed E-state index contributed by atoms with van der Waals surface area (Å²) in [6, 6.07) is 4.43. The predicted molar refractivity (Wildman–Crippen MR) is 98.9 cm³/mol. The van der Waals surface area contributed by atoms with Gasteiger partial charge >= 0.3 is 0 Å². The smallest absolute Gasteiger partial charge is 0.275 e. The molecule has 134 valence electrons. The first-order chi connectivity index (χ1) is 11.9. The summed E-state index contributed by atoms with van der Waals surface area (Å²) in [5.41, 5.74) is 4.11. The number of hydrogen-bond donors (Lipinski definition) is 2. The number of halogens is 1. The van der Waals surface area contributed by atoms with Crippen LogP contribution in [0.2, 0.25) is 5.02 Å². The third kappa shape index (κ3) is 3.41. The van der Waals surface area contributed by atoms with E-state index in [9.17, 15) is 9.90 Å². The highest BCUT2D eigenvalue weighted by Crippen LogP contribution is 2.61. The Balaban J connectivity index is 1.42. The number of hydrazone groups is 1. The number of carbonyl (C=O) groups excluding carboxylic acids is 1. The number of amides is 1. The van der Waals surface area contributed by atoms with E-state index in [1.54, 1.807) is 6.07 Å². The van der Waals surface area contributed by atoms with E-state index in [1.807, 2.05) is 6.92 Å². The summed E-state index contributed by atoms with van der Waals surface area (Å²) in [7, 11) is 0. The lowest BCUT2D eigenvalue weighted by molar-refractivity contribution is -0.0482. The molecule has 2 N–H and O–H groups in total. The zero-order valence-corrected chi connectivity index (χ0v) is 15.4. The molecule has 25 heavy (non-hydrogen) atoms. The van der Waals surface area contributed by atoms with Crippen molar-refractivity contribution in [2.45, 2.75) is 51.9 Å². The topological polar surface area (TPSA) is 61.7 Å². The van der Waals surface area contributed by atoms with Crippen molar-refractivity contribution in [2.24, 2.45) is 28.3 Å². The summed E-state index contributed by atoms with van der Waals surface area (Å²) < 4.78 is 0. The molecular weight excluding hydrogens is 336 g/mol. The average Bonchev–Trinajstić information content (AvgIpc) is 2.53. The molecule has 0 saturated heterocycles. The van der Waals surface area contributed by atoms with Gasteiger partial charge in [0.1, 0.15) is 5.75 Å². The van der Waals surface area contributed by atoms with Gasteiger partial charge < -0.3 is 5.11 Å². The summed E-state index contributed by atoms with van der Waals surface area (Å²) in [5.74, 6) is 2.23. The molecule has 1 amide bonds. The van der Waals surface area contributed by atoms with E-state index < -0.39 is 5.91 Å². The van der Waals surface area contributed by atoms with Gasteiger partial charge in [0, 0.05) is 10.7 Å². The minimum absolute atomic E-state index is 0.0872. The van der Waals surface area contributed by atoms with Crippen molar-refractivity contribution in [1.29, 1.82) is 0 Å². The molecule has 0 aliphatic heterocycles. The maximum absolute atomic E-state index is 12.2. The molecule has 4 nitrogen and oxygen atoms in total. The number of hydrogen-bond acceptors (Lipinski definition) is 3. The molecule has 5 heteroatoms. The molecule has 0 radical (unpaired) electrons. The molecule has 0 spiro atoms. The Morgan fingerprint density at radius 2 is 1.84 bits per heavy atom. The number of rotatable bonds is 4. The van der Waals surface area contributed by atoms with Crippen LogP contribution in [0.3, 0.4) is 0 Å². The molecular formula is C20H25ClN2O2. The van der Waals surface area contributed by atoms with E-state index in [0.29, 0.717) is 10.4 Å². The number of phenolic OH excluding ortho intramolecular Hbond substituents is 1. The summed E-state index contributed by atoms with van der Waals surface area (Å²) in [4.78, 5) is 12.2. The molecule has 1 aromatic rings. The molecule has 0 heterocycles. The second-order valence-electron chi connectivity index (χ2n) is 8.54. The molecule has 4 saturated carbocycles. The van der Waals surface area contributed by atoms with Gasteiger partial charge in [-0.2, -0.15) is 5.10 Å². The minimum atomic E-state index is -0.426. The molecule has 0 aromatic heterocycles. The Labute approximate surface area is 153 Å². The molecule has 0 unspecified atom stereocenters. The average molecular weight is 361 g/mol. The molecule has 5 rings (SSSR count). The summed E-state index contributed by atoms with van der Waals surface area (Å²) in [6.07, 6.45) is 9.25. The van der Waals surface area contributed by atoms with Crippen LogP contribution in [0, 0.1) is 23.2 Å². The summed E-state index contributed by atoms with van der Waals surface area (Å²) >= 11 is 5.90. The SMILES string of the molecule is C/C(CC12CC3CC(CC(C3)C1)C2)=N/NC(=O)c1cc(Cl)ccc1O. The van der Waals surface area contributed by atoms with Crippen LogP contribution in [0.15, 0.2) is 23.3 Å².